The molecule has 2 amide bonds. The van der Waals surface area contributed by atoms with Crippen molar-refractivity contribution in [2.75, 3.05) is 10.2 Å². The Bertz CT molecular complexity index is 1230. The number of anilines is 2. The van der Waals surface area contributed by atoms with Crippen molar-refractivity contribution in [3.05, 3.63) is 87.3 Å². The maximum atomic E-state index is 13.2. The number of nitrogens with zero attached hydrogens (tertiary/aromatic N) is 3. The minimum absolute atomic E-state index is 0.0137. The Balaban J connectivity index is 1.54. The lowest BCUT2D eigenvalue weighted by Gasteiger charge is -2.22. The molecule has 4 rings (SSSR count). The summed E-state index contributed by atoms with van der Waals surface area (Å²) in [6.07, 6.45) is 0.764. The molecule has 0 fully saturated rings. The second kappa shape index (κ2) is 8.18. The van der Waals surface area contributed by atoms with Gasteiger partial charge in [-0.25, -0.2) is 4.68 Å². The number of benzene rings is 2. The van der Waals surface area contributed by atoms with Crippen LogP contribution in [0, 0.1) is 13.8 Å². The Hall–Kier alpha value is -3.74. The van der Waals surface area contributed by atoms with Crippen LogP contribution in [-0.2, 0) is 17.8 Å². The number of rotatable bonds is 4. The van der Waals surface area contributed by atoms with Gasteiger partial charge in [0.2, 0.25) is 5.91 Å². The average Bonchev–Trinajstić information content (AvgIpc) is 3.07. The minimum atomic E-state index is -0.443. The SMILES string of the molecule is Cc1ccc(NC(=O)Cn2nc(C(=O)N3c4ccccc4CC3C)ccc2=O)cc1C. The van der Waals surface area contributed by atoms with E-state index in [0.717, 1.165) is 33.5 Å². The first-order valence-electron chi connectivity index (χ1n) is 10.2. The molecule has 31 heavy (non-hydrogen) atoms. The normalized spacial score (nSPS) is 14.9. The molecule has 0 radical (unpaired) electrons. The average molecular weight is 416 g/mol. The van der Waals surface area contributed by atoms with Crippen molar-refractivity contribution in [3.8, 4) is 0 Å². The first kappa shape index (κ1) is 20.5. The van der Waals surface area contributed by atoms with Crippen LogP contribution in [0.5, 0.6) is 0 Å². The summed E-state index contributed by atoms with van der Waals surface area (Å²) in [5, 5.41) is 6.97. The fourth-order valence-corrected chi connectivity index (χ4v) is 3.83. The van der Waals surface area contributed by atoms with Crippen molar-refractivity contribution in [2.45, 2.75) is 39.8 Å². The topological polar surface area (TPSA) is 84.3 Å². The van der Waals surface area contributed by atoms with Crippen LogP contribution in [0.4, 0.5) is 11.4 Å². The Labute approximate surface area is 180 Å². The highest BCUT2D eigenvalue weighted by Crippen LogP contribution is 2.32. The predicted octanol–water partition coefficient (Wildman–Crippen LogP) is 3.09. The summed E-state index contributed by atoms with van der Waals surface area (Å²) < 4.78 is 1.02. The largest absolute Gasteiger partial charge is 0.324 e. The number of aromatic nitrogens is 2. The van der Waals surface area contributed by atoms with Crippen LogP contribution in [0.3, 0.4) is 0 Å². The van der Waals surface area contributed by atoms with Gasteiger partial charge in [0.1, 0.15) is 12.2 Å². The maximum Gasteiger partial charge on any atom is 0.278 e. The number of aryl methyl sites for hydroxylation is 2. The van der Waals surface area contributed by atoms with E-state index in [1.807, 2.05) is 63.2 Å². The quantitative estimate of drug-likeness (QED) is 0.708. The van der Waals surface area contributed by atoms with Crippen LogP contribution in [0.15, 0.2) is 59.4 Å². The van der Waals surface area contributed by atoms with E-state index in [1.165, 1.54) is 12.1 Å². The molecule has 0 bridgehead atoms. The van der Waals surface area contributed by atoms with Crippen molar-refractivity contribution < 1.29 is 9.59 Å². The van der Waals surface area contributed by atoms with E-state index in [9.17, 15) is 14.4 Å². The van der Waals surface area contributed by atoms with Crippen molar-refractivity contribution >= 4 is 23.2 Å². The maximum absolute atomic E-state index is 13.2. The molecule has 7 heteroatoms. The molecule has 2 heterocycles. The fourth-order valence-electron chi connectivity index (χ4n) is 3.83. The van der Waals surface area contributed by atoms with Gasteiger partial charge in [-0.2, -0.15) is 5.10 Å². The number of fused-ring (bicyclic) bond motifs is 1. The van der Waals surface area contributed by atoms with Crippen LogP contribution >= 0.6 is 0 Å². The molecule has 2 aromatic carbocycles. The zero-order valence-corrected chi connectivity index (χ0v) is 17.8. The van der Waals surface area contributed by atoms with E-state index in [1.54, 1.807) is 4.90 Å². The number of hydrogen-bond donors (Lipinski definition) is 1. The lowest BCUT2D eigenvalue weighted by Crippen LogP contribution is -2.38. The molecule has 1 aromatic heterocycles. The number of para-hydroxylation sites is 1. The molecular weight excluding hydrogens is 392 g/mol. The van der Waals surface area contributed by atoms with Gasteiger partial charge in [0, 0.05) is 23.5 Å². The van der Waals surface area contributed by atoms with Crippen LogP contribution in [0.1, 0.15) is 34.1 Å². The summed E-state index contributed by atoms with van der Waals surface area (Å²) in [4.78, 5) is 39.6. The molecular formula is C24H24N4O3. The Morgan fingerprint density at radius 3 is 2.61 bits per heavy atom. The van der Waals surface area contributed by atoms with Crippen LogP contribution in [-0.4, -0.2) is 27.6 Å². The second-order valence-corrected chi connectivity index (χ2v) is 7.92. The first-order chi connectivity index (χ1) is 14.8. The van der Waals surface area contributed by atoms with E-state index < -0.39 is 5.56 Å². The van der Waals surface area contributed by atoms with Gasteiger partial charge in [-0.05, 0) is 68.1 Å². The Morgan fingerprint density at radius 2 is 1.84 bits per heavy atom. The van der Waals surface area contributed by atoms with Crippen LogP contribution in [0.25, 0.3) is 0 Å². The third-order valence-corrected chi connectivity index (χ3v) is 5.60. The highest BCUT2D eigenvalue weighted by molar-refractivity contribution is 6.06. The Kier molecular flexibility index (Phi) is 5.42. The lowest BCUT2D eigenvalue weighted by atomic mass is 10.1. The summed E-state index contributed by atoms with van der Waals surface area (Å²) >= 11 is 0. The molecule has 1 unspecified atom stereocenters. The summed E-state index contributed by atoms with van der Waals surface area (Å²) in [7, 11) is 0. The fraction of sp³-hybridized carbons (Fsp3) is 0.250. The molecule has 7 nitrogen and oxygen atoms in total. The van der Waals surface area contributed by atoms with Gasteiger partial charge >= 0.3 is 0 Å². The second-order valence-electron chi connectivity index (χ2n) is 7.92. The van der Waals surface area contributed by atoms with Crippen molar-refractivity contribution in [3.63, 3.8) is 0 Å². The third kappa shape index (κ3) is 4.12. The molecule has 1 aliphatic rings. The summed E-state index contributed by atoms with van der Waals surface area (Å²) in [5.74, 6) is -0.678. The van der Waals surface area contributed by atoms with Crippen molar-refractivity contribution in [1.29, 1.82) is 0 Å². The Morgan fingerprint density at radius 1 is 1.06 bits per heavy atom. The molecule has 0 saturated carbocycles. The van der Waals surface area contributed by atoms with E-state index in [4.69, 9.17) is 0 Å². The standard InChI is InChI=1S/C24H24N4O3/c1-15-8-9-19(12-16(15)2)25-22(29)14-27-23(30)11-10-20(26-27)24(31)28-17(3)13-18-6-4-5-7-21(18)28/h4-12,17H,13-14H2,1-3H3,(H,25,29). The molecule has 0 saturated heterocycles. The number of carbonyl (C=O) groups is 2. The van der Waals surface area contributed by atoms with Gasteiger partial charge in [-0.15, -0.1) is 0 Å². The number of hydrogen-bond acceptors (Lipinski definition) is 4. The van der Waals surface area contributed by atoms with Crippen molar-refractivity contribution in [1.82, 2.24) is 9.78 Å². The van der Waals surface area contributed by atoms with Gasteiger partial charge in [-0.3, -0.25) is 14.4 Å². The van der Waals surface area contributed by atoms with E-state index >= 15 is 0 Å². The molecule has 158 valence electrons. The van der Waals surface area contributed by atoms with Gasteiger partial charge in [0.15, 0.2) is 0 Å². The monoisotopic (exact) mass is 416 g/mol. The minimum Gasteiger partial charge on any atom is -0.324 e. The van der Waals surface area contributed by atoms with Crippen molar-refractivity contribution in [2.24, 2.45) is 0 Å². The predicted molar refractivity (Wildman–Crippen MR) is 119 cm³/mol. The summed E-state index contributed by atoms with van der Waals surface area (Å²) in [6.45, 7) is 5.65. The van der Waals surface area contributed by atoms with Gasteiger partial charge < -0.3 is 10.2 Å². The molecule has 0 aliphatic carbocycles. The molecule has 1 N–H and O–H groups in total. The summed E-state index contributed by atoms with van der Waals surface area (Å²) in [5.41, 5.74) is 4.47. The first-order valence-corrected chi connectivity index (χ1v) is 10.2. The lowest BCUT2D eigenvalue weighted by molar-refractivity contribution is -0.117. The van der Waals surface area contributed by atoms with Crippen LogP contribution < -0.4 is 15.8 Å². The van der Waals surface area contributed by atoms with E-state index in [0.29, 0.717) is 5.69 Å². The van der Waals surface area contributed by atoms with Gasteiger partial charge in [-0.1, -0.05) is 24.3 Å². The highest BCUT2D eigenvalue weighted by atomic mass is 16.2. The molecule has 3 aromatic rings. The van der Waals surface area contributed by atoms with E-state index in [2.05, 4.69) is 10.4 Å². The highest BCUT2D eigenvalue weighted by Gasteiger charge is 2.32. The molecule has 1 atom stereocenters. The number of carbonyl (C=O) groups excluding carboxylic acids is 2. The van der Waals surface area contributed by atoms with Crippen LogP contribution in [0.2, 0.25) is 0 Å². The molecule has 0 spiro atoms. The summed E-state index contributed by atoms with van der Waals surface area (Å²) in [6, 6.07) is 16.0. The zero-order chi connectivity index (χ0) is 22.1. The number of nitrogens with one attached hydrogen (secondary N) is 1. The number of amides is 2. The third-order valence-electron chi connectivity index (χ3n) is 5.60. The van der Waals surface area contributed by atoms with E-state index in [-0.39, 0.29) is 30.1 Å². The van der Waals surface area contributed by atoms with Gasteiger partial charge in [0.25, 0.3) is 11.5 Å². The smallest absolute Gasteiger partial charge is 0.278 e. The van der Waals surface area contributed by atoms with Gasteiger partial charge in [0.05, 0.1) is 0 Å². The zero-order valence-electron chi connectivity index (χ0n) is 17.8. The molecule has 1 aliphatic heterocycles.